The number of halogens is 2. The molecule has 43 heavy (non-hydrogen) atoms. The smallest absolute Gasteiger partial charge is 0.407 e. The van der Waals surface area contributed by atoms with Gasteiger partial charge in [0.25, 0.3) is 0 Å². The molecule has 11 heteroatoms. The Labute approximate surface area is 255 Å². The molecule has 4 atom stereocenters. The van der Waals surface area contributed by atoms with Crippen molar-refractivity contribution in [2.45, 2.75) is 68.9 Å². The van der Waals surface area contributed by atoms with E-state index in [-0.39, 0.29) is 17.6 Å². The Bertz CT molecular complexity index is 1570. The van der Waals surface area contributed by atoms with Crippen LogP contribution in [-0.2, 0) is 13.0 Å². The molecule has 2 unspecified atom stereocenters. The van der Waals surface area contributed by atoms with E-state index in [1.807, 2.05) is 12.1 Å². The molecule has 8 rings (SSSR count). The number of piperazine rings is 1. The van der Waals surface area contributed by atoms with Crippen LogP contribution in [0.5, 0.6) is 6.01 Å². The predicted molar refractivity (Wildman–Crippen MR) is 163 cm³/mol. The summed E-state index contributed by atoms with van der Waals surface area (Å²) >= 11 is 6.70. The number of hydrogen-bond donors (Lipinski definition) is 1. The Kier molecular flexibility index (Phi) is 6.56. The molecule has 0 aliphatic carbocycles. The molecule has 4 saturated heterocycles. The fourth-order valence-corrected chi connectivity index (χ4v) is 8.77. The molecule has 1 amide bonds. The topological polar surface area (TPSA) is 85.3 Å². The van der Waals surface area contributed by atoms with Crippen LogP contribution in [0.2, 0.25) is 5.02 Å². The number of anilines is 2. The maximum absolute atomic E-state index is 14.5. The van der Waals surface area contributed by atoms with Crippen LogP contribution in [0.15, 0.2) is 36.4 Å². The Balaban J connectivity index is 1.14. The van der Waals surface area contributed by atoms with Crippen LogP contribution in [0.1, 0.15) is 43.4 Å². The van der Waals surface area contributed by atoms with Crippen molar-refractivity contribution in [3.05, 3.63) is 52.7 Å². The number of ether oxygens (including phenoxy) is 1. The van der Waals surface area contributed by atoms with Gasteiger partial charge in [0.1, 0.15) is 18.6 Å². The van der Waals surface area contributed by atoms with Crippen molar-refractivity contribution in [1.82, 2.24) is 19.8 Å². The van der Waals surface area contributed by atoms with Gasteiger partial charge in [0.2, 0.25) is 0 Å². The number of carboxylic acid groups (broad SMARTS) is 1. The van der Waals surface area contributed by atoms with Crippen LogP contribution in [0.3, 0.4) is 0 Å². The monoisotopic (exact) mass is 606 g/mol. The molecule has 0 radical (unpaired) electrons. The third-order valence-electron chi connectivity index (χ3n) is 10.4. The molecule has 2 bridgehead atoms. The summed E-state index contributed by atoms with van der Waals surface area (Å²) in [7, 11) is 0. The Hall–Kier alpha value is -3.37. The molecule has 2 aromatic carbocycles. The predicted octanol–water partition coefficient (Wildman–Crippen LogP) is 5.13. The average Bonchev–Trinajstić information content (AvgIpc) is 3.62. The number of fused-ring (bicyclic) bond motifs is 5. The van der Waals surface area contributed by atoms with Crippen LogP contribution in [0.4, 0.5) is 20.7 Å². The van der Waals surface area contributed by atoms with E-state index >= 15 is 0 Å². The quantitative estimate of drug-likeness (QED) is 0.428. The van der Waals surface area contributed by atoms with Gasteiger partial charge in [-0.05, 0) is 56.2 Å². The van der Waals surface area contributed by atoms with E-state index < -0.39 is 12.3 Å². The molecule has 9 nitrogen and oxygen atoms in total. The van der Waals surface area contributed by atoms with E-state index in [4.69, 9.17) is 26.3 Å². The second kappa shape index (κ2) is 10.4. The molecular weight excluding hydrogens is 571 g/mol. The van der Waals surface area contributed by atoms with E-state index in [2.05, 4.69) is 39.0 Å². The molecular formula is C32H36ClFN6O3. The summed E-state index contributed by atoms with van der Waals surface area (Å²) in [5.41, 5.74) is 2.80. The highest BCUT2D eigenvalue weighted by atomic mass is 35.5. The van der Waals surface area contributed by atoms with Gasteiger partial charge in [0.15, 0.2) is 0 Å². The third kappa shape index (κ3) is 4.56. The van der Waals surface area contributed by atoms with Crippen LogP contribution in [-0.4, -0.2) is 94.1 Å². The van der Waals surface area contributed by atoms with Crippen molar-refractivity contribution >= 4 is 40.0 Å². The average molecular weight is 607 g/mol. The summed E-state index contributed by atoms with van der Waals surface area (Å²) in [4.78, 5) is 30.4. The van der Waals surface area contributed by atoms with E-state index in [9.17, 15) is 14.3 Å². The number of hydrogen-bond acceptors (Lipinski definition) is 7. The van der Waals surface area contributed by atoms with Crippen molar-refractivity contribution < 1.29 is 19.0 Å². The minimum Gasteiger partial charge on any atom is -0.465 e. The second-order valence-corrected chi connectivity index (χ2v) is 13.3. The fraction of sp³-hybridized carbons (Fsp3) is 0.531. The van der Waals surface area contributed by atoms with E-state index in [0.717, 1.165) is 83.8 Å². The van der Waals surface area contributed by atoms with Crippen molar-refractivity contribution in [3.63, 3.8) is 0 Å². The van der Waals surface area contributed by atoms with Gasteiger partial charge in [0, 0.05) is 49.2 Å². The largest absolute Gasteiger partial charge is 0.465 e. The van der Waals surface area contributed by atoms with Crippen LogP contribution >= 0.6 is 11.6 Å². The minimum atomic E-state index is -0.839. The zero-order valence-corrected chi connectivity index (χ0v) is 24.8. The van der Waals surface area contributed by atoms with Gasteiger partial charge < -0.3 is 19.6 Å². The normalized spacial score (nSPS) is 28.4. The number of amides is 1. The standard InChI is InChI=1S/C32H36ClFN6O3/c33-25-6-1-4-20-5-2-7-27(28(20)25)37-13-10-24-26(18-37)35-30(43-19-32-11-3-12-39(32)15-21(34)14-32)36-29(24)38-16-22-8-9-23(17-38)40(22)31(41)42/h1-2,4-7,21-23H,3,8-19H2,(H,41,42)/t21?,22-,23+,32?. The lowest BCUT2D eigenvalue weighted by atomic mass is 9.95. The van der Waals surface area contributed by atoms with Crippen LogP contribution in [0.25, 0.3) is 10.8 Å². The highest BCUT2D eigenvalue weighted by Gasteiger charge is 2.49. The van der Waals surface area contributed by atoms with Gasteiger partial charge in [-0.3, -0.25) is 9.80 Å². The number of alkyl halides is 1. The van der Waals surface area contributed by atoms with Gasteiger partial charge in [-0.2, -0.15) is 9.97 Å². The Morgan fingerprint density at radius 3 is 2.65 bits per heavy atom. The molecule has 0 spiro atoms. The molecule has 226 valence electrons. The van der Waals surface area contributed by atoms with E-state index in [0.29, 0.717) is 45.2 Å². The second-order valence-electron chi connectivity index (χ2n) is 12.9. The Morgan fingerprint density at radius 1 is 1.07 bits per heavy atom. The summed E-state index contributed by atoms with van der Waals surface area (Å²) in [6, 6.07) is 12.5. The minimum absolute atomic E-state index is 0.0462. The first-order valence-corrected chi connectivity index (χ1v) is 15.9. The van der Waals surface area contributed by atoms with Crippen LogP contribution < -0.4 is 14.5 Å². The summed E-state index contributed by atoms with van der Waals surface area (Å²) < 4.78 is 20.9. The molecule has 3 aromatic rings. The van der Waals surface area contributed by atoms with Crippen LogP contribution in [0, 0.1) is 0 Å². The molecule has 4 fully saturated rings. The molecule has 6 heterocycles. The third-order valence-corrected chi connectivity index (χ3v) is 10.7. The first kappa shape index (κ1) is 27.2. The summed E-state index contributed by atoms with van der Waals surface area (Å²) in [6.45, 7) is 4.32. The van der Waals surface area contributed by atoms with Crippen molar-refractivity contribution in [2.75, 3.05) is 49.1 Å². The van der Waals surface area contributed by atoms with E-state index in [1.54, 1.807) is 4.90 Å². The summed E-state index contributed by atoms with van der Waals surface area (Å²) in [6.07, 6.45) is 3.26. The van der Waals surface area contributed by atoms with Crippen molar-refractivity contribution in [1.29, 1.82) is 0 Å². The molecule has 1 N–H and O–H groups in total. The first-order valence-electron chi connectivity index (χ1n) is 15.5. The molecule has 1 aromatic heterocycles. The number of carbonyl (C=O) groups is 1. The highest BCUT2D eigenvalue weighted by molar-refractivity contribution is 6.36. The van der Waals surface area contributed by atoms with Crippen molar-refractivity contribution in [3.8, 4) is 6.01 Å². The number of nitrogens with zero attached hydrogens (tertiary/aromatic N) is 6. The maximum Gasteiger partial charge on any atom is 0.407 e. The lowest BCUT2D eigenvalue weighted by molar-refractivity contribution is 0.106. The van der Waals surface area contributed by atoms with E-state index in [1.165, 1.54) is 0 Å². The maximum atomic E-state index is 14.5. The highest BCUT2D eigenvalue weighted by Crippen LogP contribution is 2.42. The lowest BCUT2D eigenvalue weighted by Crippen LogP contribution is -2.56. The number of benzene rings is 2. The first-order chi connectivity index (χ1) is 20.9. The van der Waals surface area contributed by atoms with Gasteiger partial charge in [-0.25, -0.2) is 9.18 Å². The van der Waals surface area contributed by atoms with Gasteiger partial charge >= 0.3 is 12.1 Å². The summed E-state index contributed by atoms with van der Waals surface area (Å²) in [5.74, 6) is 0.855. The van der Waals surface area contributed by atoms with Gasteiger partial charge in [-0.15, -0.1) is 0 Å². The van der Waals surface area contributed by atoms with Gasteiger partial charge in [0.05, 0.1) is 34.9 Å². The SMILES string of the molecule is O=C(O)N1[C@@H]2CC[C@H]1CN(c1nc(OCC34CCCN3CC(F)C4)nc3c1CCN(c1cccc4cccc(Cl)c14)C3)C2. The Morgan fingerprint density at radius 2 is 1.86 bits per heavy atom. The van der Waals surface area contributed by atoms with Crippen molar-refractivity contribution in [2.24, 2.45) is 0 Å². The fourth-order valence-electron chi connectivity index (χ4n) is 8.50. The molecule has 0 saturated carbocycles. The van der Waals surface area contributed by atoms with Gasteiger partial charge in [-0.1, -0.05) is 35.9 Å². The zero-order valence-electron chi connectivity index (χ0n) is 24.1. The molecule has 5 aliphatic heterocycles. The zero-order chi connectivity index (χ0) is 29.3. The number of aromatic nitrogens is 2. The number of rotatable bonds is 5. The summed E-state index contributed by atoms with van der Waals surface area (Å²) in [5, 5.41) is 12.7. The lowest BCUT2D eigenvalue weighted by Gasteiger charge is -2.41. The molecule has 5 aliphatic rings.